The van der Waals surface area contributed by atoms with Gasteiger partial charge in [0.1, 0.15) is 5.75 Å². The summed E-state index contributed by atoms with van der Waals surface area (Å²) in [6.07, 6.45) is 0. The number of carbonyl (C=O) groups is 2. The zero-order chi connectivity index (χ0) is 24.6. The monoisotopic (exact) mass is 508 g/mol. The lowest BCUT2D eigenvalue weighted by Crippen LogP contribution is -2.24. The molecule has 0 aliphatic heterocycles. The number of nitrogens with one attached hydrogen (secondary N) is 2. The van der Waals surface area contributed by atoms with Crippen molar-refractivity contribution in [2.24, 2.45) is 0 Å². The molecule has 9 nitrogen and oxygen atoms in total. The molecule has 0 aliphatic carbocycles. The summed E-state index contributed by atoms with van der Waals surface area (Å²) in [5.41, 5.74) is 2.35. The Morgan fingerprint density at radius 3 is 2.57 bits per heavy atom. The molecule has 0 saturated heterocycles. The first-order valence-electron chi connectivity index (χ1n) is 10.8. The minimum Gasteiger partial charge on any atom is -0.497 e. The maximum atomic E-state index is 12.5. The van der Waals surface area contributed by atoms with Crippen molar-refractivity contribution in [2.75, 3.05) is 18.2 Å². The first-order chi connectivity index (χ1) is 17.1. The van der Waals surface area contributed by atoms with Crippen molar-refractivity contribution in [2.45, 2.75) is 25.2 Å². The second-order valence-corrected chi connectivity index (χ2v) is 9.10. The topological polar surface area (TPSA) is 111 Å². The lowest BCUT2D eigenvalue weighted by Gasteiger charge is -2.09. The maximum Gasteiger partial charge on any atom is 0.251 e. The summed E-state index contributed by atoms with van der Waals surface area (Å²) in [5.74, 6) is 1.07. The smallest absolute Gasteiger partial charge is 0.251 e. The molecule has 0 bridgehead atoms. The van der Waals surface area contributed by atoms with E-state index in [4.69, 9.17) is 4.74 Å². The Morgan fingerprint density at radius 1 is 1.09 bits per heavy atom. The lowest BCUT2D eigenvalue weighted by molar-refractivity contribution is -0.113. The van der Waals surface area contributed by atoms with Crippen LogP contribution in [0.2, 0.25) is 0 Å². The van der Waals surface area contributed by atoms with Gasteiger partial charge in [0.25, 0.3) is 5.91 Å². The van der Waals surface area contributed by atoms with Crippen LogP contribution in [0.15, 0.2) is 65.1 Å². The fraction of sp³-hybridized carbons (Fsp3) is 0.208. The van der Waals surface area contributed by atoms with Crippen molar-refractivity contribution in [3.05, 3.63) is 71.4 Å². The Hall–Kier alpha value is -3.70. The molecule has 4 aromatic rings. The standard InChI is InChI=1S/C24H24N6O3S2/c1-3-30-20(13-25-22(32)17-9-11-18(33-2)12-10-17)28-29-24(30)35-15-21(31)27-23-26-19(14-34-23)16-7-5-4-6-8-16/h4-12,14H,3,13,15H2,1-2H3,(H,25,32)(H,26,27,31). The van der Waals surface area contributed by atoms with E-state index in [0.29, 0.717) is 34.0 Å². The number of anilines is 1. The summed E-state index contributed by atoms with van der Waals surface area (Å²) in [5, 5.41) is 17.2. The summed E-state index contributed by atoms with van der Waals surface area (Å²) in [7, 11) is 1.58. The molecular weight excluding hydrogens is 484 g/mol. The summed E-state index contributed by atoms with van der Waals surface area (Å²) in [6.45, 7) is 2.79. The van der Waals surface area contributed by atoms with E-state index in [1.807, 2.05) is 47.2 Å². The Kier molecular flexibility index (Phi) is 8.11. The fourth-order valence-corrected chi connectivity index (χ4v) is 4.79. The highest BCUT2D eigenvalue weighted by molar-refractivity contribution is 7.99. The zero-order valence-electron chi connectivity index (χ0n) is 19.2. The number of hydrogen-bond acceptors (Lipinski definition) is 8. The fourth-order valence-electron chi connectivity index (χ4n) is 3.24. The molecule has 0 atom stereocenters. The van der Waals surface area contributed by atoms with Gasteiger partial charge in [0.2, 0.25) is 5.91 Å². The summed E-state index contributed by atoms with van der Waals surface area (Å²) >= 11 is 2.67. The van der Waals surface area contributed by atoms with Gasteiger partial charge in [-0.3, -0.25) is 9.59 Å². The average Bonchev–Trinajstić information content (AvgIpc) is 3.53. The first-order valence-corrected chi connectivity index (χ1v) is 12.7. The Balaban J connectivity index is 1.30. The van der Waals surface area contributed by atoms with E-state index in [9.17, 15) is 9.59 Å². The van der Waals surface area contributed by atoms with Crippen LogP contribution in [0.1, 0.15) is 23.1 Å². The molecule has 0 spiro atoms. The number of benzene rings is 2. The Bertz CT molecular complexity index is 1290. The average molecular weight is 509 g/mol. The van der Waals surface area contributed by atoms with Crippen LogP contribution in [0.3, 0.4) is 0 Å². The molecule has 2 N–H and O–H groups in total. The van der Waals surface area contributed by atoms with Gasteiger partial charge < -0.3 is 19.9 Å². The first kappa shape index (κ1) is 24.4. The largest absolute Gasteiger partial charge is 0.497 e. The van der Waals surface area contributed by atoms with Gasteiger partial charge in [-0.25, -0.2) is 4.98 Å². The van der Waals surface area contributed by atoms with Gasteiger partial charge in [0.05, 0.1) is 25.1 Å². The van der Waals surface area contributed by atoms with Crippen LogP contribution >= 0.6 is 23.1 Å². The molecule has 35 heavy (non-hydrogen) atoms. The third kappa shape index (κ3) is 6.25. The number of ether oxygens (including phenoxy) is 1. The maximum absolute atomic E-state index is 12.5. The van der Waals surface area contributed by atoms with Gasteiger partial charge in [0, 0.05) is 23.1 Å². The quantitative estimate of drug-likeness (QED) is 0.310. The number of aromatic nitrogens is 4. The molecule has 2 aromatic carbocycles. The third-order valence-corrected chi connectivity index (χ3v) is 6.75. The van der Waals surface area contributed by atoms with Gasteiger partial charge in [0.15, 0.2) is 16.1 Å². The number of thioether (sulfide) groups is 1. The zero-order valence-corrected chi connectivity index (χ0v) is 20.9. The third-order valence-electron chi connectivity index (χ3n) is 5.02. The number of methoxy groups -OCH3 is 1. The highest BCUT2D eigenvalue weighted by Gasteiger charge is 2.15. The van der Waals surface area contributed by atoms with E-state index >= 15 is 0 Å². The van der Waals surface area contributed by atoms with E-state index in [1.54, 1.807) is 31.4 Å². The molecule has 0 fully saturated rings. The summed E-state index contributed by atoms with van der Waals surface area (Å²) < 4.78 is 6.99. The minimum atomic E-state index is -0.217. The van der Waals surface area contributed by atoms with Crippen LogP contribution in [0.5, 0.6) is 5.75 Å². The van der Waals surface area contributed by atoms with Crippen LogP contribution in [0.25, 0.3) is 11.3 Å². The van der Waals surface area contributed by atoms with Gasteiger partial charge in [-0.2, -0.15) is 0 Å². The minimum absolute atomic E-state index is 0.163. The number of amides is 2. The van der Waals surface area contributed by atoms with Crippen molar-refractivity contribution >= 4 is 40.0 Å². The predicted molar refractivity (Wildman–Crippen MR) is 137 cm³/mol. The van der Waals surface area contributed by atoms with Gasteiger partial charge in [-0.05, 0) is 31.2 Å². The molecule has 2 aromatic heterocycles. The molecule has 11 heteroatoms. The van der Waals surface area contributed by atoms with Crippen molar-refractivity contribution < 1.29 is 14.3 Å². The molecule has 0 aliphatic rings. The Labute approximate surface area is 211 Å². The van der Waals surface area contributed by atoms with E-state index in [0.717, 1.165) is 11.3 Å². The molecule has 0 radical (unpaired) electrons. The van der Waals surface area contributed by atoms with Crippen LogP contribution in [-0.2, 0) is 17.9 Å². The second kappa shape index (κ2) is 11.6. The summed E-state index contributed by atoms with van der Waals surface area (Å²) in [4.78, 5) is 29.4. The molecule has 0 saturated carbocycles. The van der Waals surface area contributed by atoms with Gasteiger partial charge in [-0.15, -0.1) is 21.5 Å². The van der Waals surface area contributed by atoms with Crippen LogP contribution in [-0.4, -0.2) is 44.4 Å². The normalized spacial score (nSPS) is 10.7. The number of nitrogens with zero attached hydrogens (tertiary/aromatic N) is 4. The van der Waals surface area contributed by atoms with E-state index in [2.05, 4.69) is 25.8 Å². The molecule has 4 rings (SSSR count). The van der Waals surface area contributed by atoms with E-state index in [-0.39, 0.29) is 24.1 Å². The van der Waals surface area contributed by atoms with Crippen LogP contribution in [0.4, 0.5) is 5.13 Å². The molecular formula is C24H24N6O3S2. The van der Waals surface area contributed by atoms with Crippen molar-refractivity contribution in [3.8, 4) is 17.0 Å². The number of carbonyl (C=O) groups excluding carboxylic acids is 2. The highest BCUT2D eigenvalue weighted by Crippen LogP contribution is 2.25. The second-order valence-electron chi connectivity index (χ2n) is 7.30. The van der Waals surface area contributed by atoms with Crippen molar-refractivity contribution in [1.82, 2.24) is 25.1 Å². The number of rotatable bonds is 10. The number of thiazole rings is 1. The van der Waals surface area contributed by atoms with E-state index < -0.39 is 0 Å². The molecule has 0 unspecified atom stereocenters. The number of hydrogen-bond donors (Lipinski definition) is 2. The SMILES string of the molecule is CCn1c(CNC(=O)c2ccc(OC)cc2)nnc1SCC(=O)Nc1nc(-c2ccccc2)cs1. The van der Waals surface area contributed by atoms with Gasteiger partial charge in [-0.1, -0.05) is 42.1 Å². The predicted octanol–water partition coefficient (Wildman–Crippen LogP) is 4.09. The van der Waals surface area contributed by atoms with Gasteiger partial charge >= 0.3 is 0 Å². The van der Waals surface area contributed by atoms with Crippen LogP contribution in [0, 0.1) is 0 Å². The lowest BCUT2D eigenvalue weighted by atomic mass is 10.2. The Morgan fingerprint density at radius 2 is 1.86 bits per heavy atom. The molecule has 2 amide bonds. The van der Waals surface area contributed by atoms with Crippen LogP contribution < -0.4 is 15.4 Å². The highest BCUT2D eigenvalue weighted by atomic mass is 32.2. The van der Waals surface area contributed by atoms with Crippen molar-refractivity contribution in [1.29, 1.82) is 0 Å². The van der Waals surface area contributed by atoms with E-state index in [1.165, 1.54) is 23.1 Å². The summed E-state index contributed by atoms with van der Waals surface area (Å²) in [6, 6.07) is 16.7. The molecule has 180 valence electrons. The molecule has 2 heterocycles. The van der Waals surface area contributed by atoms with Crippen molar-refractivity contribution in [3.63, 3.8) is 0 Å².